The largest absolute Gasteiger partial charge is 0.507 e. The number of hydrogen-bond acceptors (Lipinski definition) is 8. The van der Waals surface area contributed by atoms with Gasteiger partial charge < -0.3 is 14.6 Å². The first-order valence-corrected chi connectivity index (χ1v) is 14.8. The molecule has 1 aromatic heterocycles. The molecule has 1 aliphatic heterocycles. The predicted molar refractivity (Wildman–Crippen MR) is 164 cm³/mol. The highest BCUT2D eigenvalue weighted by Gasteiger charge is 2.48. The van der Waals surface area contributed by atoms with E-state index < -0.39 is 23.7 Å². The van der Waals surface area contributed by atoms with Gasteiger partial charge >= 0.3 is 11.9 Å². The van der Waals surface area contributed by atoms with Gasteiger partial charge in [-0.05, 0) is 67.8 Å². The number of aromatic nitrogens is 1. The maximum atomic E-state index is 13.6. The lowest BCUT2D eigenvalue weighted by Crippen LogP contribution is -2.29. The first-order valence-electron chi connectivity index (χ1n) is 13.2. The number of benzene rings is 3. The Bertz CT molecular complexity index is 1700. The van der Waals surface area contributed by atoms with E-state index >= 15 is 0 Å². The molecule has 42 heavy (non-hydrogen) atoms. The molecule has 0 saturated carbocycles. The molecule has 214 valence electrons. The Morgan fingerprint density at radius 3 is 2.43 bits per heavy atom. The zero-order valence-corrected chi connectivity index (χ0v) is 25.5. The summed E-state index contributed by atoms with van der Waals surface area (Å²) in [7, 11) is 0. The quantitative estimate of drug-likeness (QED) is 0.0960. The second-order valence-electron chi connectivity index (χ2n) is 9.60. The summed E-state index contributed by atoms with van der Waals surface area (Å²) in [5, 5.41) is 11.8. The van der Waals surface area contributed by atoms with E-state index in [2.05, 4.69) is 20.9 Å². The molecule has 1 atom stereocenters. The van der Waals surface area contributed by atoms with Crippen molar-refractivity contribution in [2.24, 2.45) is 0 Å². The van der Waals surface area contributed by atoms with Gasteiger partial charge in [0.05, 0.1) is 23.9 Å². The van der Waals surface area contributed by atoms with Crippen LogP contribution in [0.5, 0.6) is 5.75 Å². The molecule has 1 N–H and O–H groups in total. The normalized spacial score (nSPS) is 16.1. The lowest BCUT2D eigenvalue weighted by molar-refractivity contribution is -0.132. The third-order valence-electron chi connectivity index (χ3n) is 6.78. The van der Waals surface area contributed by atoms with E-state index in [-0.39, 0.29) is 27.9 Å². The van der Waals surface area contributed by atoms with Crippen LogP contribution in [-0.4, -0.2) is 34.4 Å². The molecule has 0 aliphatic carbocycles. The minimum atomic E-state index is -0.980. The van der Waals surface area contributed by atoms with Crippen LogP contribution in [0.15, 0.2) is 82.8 Å². The number of anilines is 1. The van der Waals surface area contributed by atoms with Crippen molar-refractivity contribution in [3.05, 3.63) is 116 Å². The third-order valence-corrected chi connectivity index (χ3v) is 8.45. The Morgan fingerprint density at radius 1 is 1.05 bits per heavy atom. The highest BCUT2D eigenvalue weighted by atomic mass is 79.9. The summed E-state index contributed by atoms with van der Waals surface area (Å²) in [6.45, 7) is 5.70. The molecule has 5 rings (SSSR count). The molecule has 1 aliphatic rings. The maximum Gasteiger partial charge on any atom is 0.350 e. The fraction of sp³-hybridized carbons (Fsp3) is 0.188. The number of rotatable bonds is 8. The standard InChI is InChI=1S/C32H27BrN2O6S/c1-4-40-31(39)29-19(3)34-32(42-29)35-26(21-10-12-22(33)13-11-21)25(28(37)30(35)38)27(36)24-15-14-23(16-18(24)2)41-17-20-8-6-5-7-9-20/h5-16,26,36H,4,17H2,1-3H3. The molecule has 1 saturated heterocycles. The number of Topliss-reactive ketones (excluding diaryl/α,β-unsaturated/α-hetero) is 1. The number of aliphatic hydroxyl groups is 1. The van der Waals surface area contributed by atoms with E-state index in [4.69, 9.17) is 9.47 Å². The van der Waals surface area contributed by atoms with Crippen LogP contribution in [0.4, 0.5) is 5.13 Å². The smallest absolute Gasteiger partial charge is 0.350 e. The van der Waals surface area contributed by atoms with E-state index in [9.17, 15) is 19.5 Å². The van der Waals surface area contributed by atoms with Crippen molar-refractivity contribution in [2.45, 2.75) is 33.4 Å². The summed E-state index contributed by atoms with van der Waals surface area (Å²) in [6, 6.07) is 21.0. The van der Waals surface area contributed by atoms with Crippen molar-refractivity contribution < 1.29 is 29.0 Å². The van der Waals surface area contributed by atoms with E-state index in [1.54, 1.807) is 63.2 Å². The second-order valence-corrected chi connectivity index (χ2v) is 11.5. The highest BCUT2D eigenvalue weighted by molar-refractivity contribution is 9.10. The van der Waals surface area contributed by atoms with Gasteiger partial charge in [0.15, 0.2) is 5.13 Å². The van der Waals surface area contributed by atoms with Crippen molar-refractivity contribution in [3.63, 3.8) is 0 Å². The number of amides is 1. The number of ketones is 1. The van der Waals surface area contributed by atoms with E-state index in [0.717, 1.165) is 21.4 Å². The molecule has 2 heterocycles. The lowest BCUT2D eigenvalue weighted by Gasteiger charge is -2.23. The number of carbonyl (C=O) groups excluding carboxylic acids is 3. The van der Waals surface area contributed by atoms with Gasteiger partial charge in [0, 0.05) is 10.0 Å². The molecule has 1 unspecified atom stereocenters. The van der Waals surface area contributed by atoms with Gasteiger partial charge in [0.2, 0.25) is 0 Å². The Labute approximate surface area is 255 Å². The van der Waals surface area contributed by atoms with Gasteiger partial charge in [0.1, 0.15) is 23.0 Å². The van der Waals surface area contributed by atoms with Gasteiger partial charge in [0.25, 0.3) is 5.78 Å². The minimum Gasteiger partial charge on any atom is -0.507 e. The number of halogens is 1. The predicted octanol–water partition coefficient (Wildman–Crippen LogP) is 6.90. The molecular weight excluding hydrogens is 620 g/mol. The first-order chi connectivity index (χ1) is 20.2. The van der Waals surface area contributed by atoms with Crippen LogP contribution < -0.4 is 9.64 Å². The average Bonchev–Trinajstić information content (AvgIpc) is 3.49. The molecule has 4 aromatic rings. The molecule has 0 radical (unpaired) electrons. The van der Waals surface area contributed by atoms with E-state index in [1.807, 2.05) is 30.3 Å². The SMILES string of the molecule is CCOC(=O)c1sc(N2C(=O)C(=O)C(=C(O)c3ccc(OCc4ccccc4)cc3C)C2c2ccc(Br)cc2)nc1C. The highest BCUT2D eigenvalue weighted by Crippen LogP contribution is 2.44. The number of aryl methyl sites for hydroxylation is 2. The third kappa shape index (κ3) is 5.73. The lowest BCUT2D eigenvalue weighted by atomic mass is 9.94. The summed E-state index contributed by atoms with van der Waals surface area (Å²) in [4.78, 5) is 45.5. The molecule has 10 heteroatoms. The minimum absolute atomic E-state index is 0.0751. The Hall–Kier alpha value is -4.28. The molecule has 3 aromatic carbocycles. The Morgan fingerprint density at radius 2 is 1.76 bits per heavy atom. The molecule has 0 spiro atoms. The molecule has 1 fully saturated rings. The number of thiazole rings is 1. The molecule has 8 nitrogen and oxygen atoms in total. The van der Waals surface area contributed by atoms with Gasteiger partial charge in [-0.2, -0.15) is 0 Å². The van der Waals surface area contributed by atoms with Gasteiger partial charge in [-0.25, -0.2) is 9.78 Å². The number of hydrogen-bond donors (Lipinski definition) is 1. The number of esters is 1. The molecule has 1 amide bonds. The maximum absolute atomic E-state index is 13.6. The summed E-state index contributed by atoms with van der Waals surface area (Å²) in [6.07, 6.45) is 0. The van der Waals surface area contributed by atoms with Crippen LogP contribution in [0, 0.1) is 13.8 Å². The summed E-state index contributed by atoms with van der Waals surface area (Å²) in [5.74, 6) is -1.97. The van der Waals surface area contributed by atoms with Crippen LogP contribution >= 0.6 is 27.3 Å². The van der Waals surface area contributed by atoms with Gasteiger partial charge in [-0.1, -0.05) is 69.7 Å². The number of aliphatic hydroxyl groups excluding tert-OH is 1. The van der Waals surface area contributed by atoms with Crippen LogP contribution in [0.3, 0.4) is 0 Å². The van der Waals surface area contributed by atoms with Crippen LogP contribution in [-0.2, 0) is 20.9 Å². The van der Waals surface area contributed by atoms with Crippen molar-refractivity contribution in [1.82, 2.24) is 4.98 Å². The van der Waals surface area contributed by atoms with Crippen LogP contribution in [0.1, 0.15) is 50.6 Å². The summed E-state index contributed by atoms with van der Waals surface area (Å²) >= 11 is 4.39. The molecular formula is C32H27BrN2O6S. The average molecular weight is 648 g/mol. The van der Waals surface area contributed by atoms with Gasteiger partial charge in [-0.3, -0.25) is 14.5 Å². The fourth-order valence-electron chi connectivity index (χ4n) is 4.74. The monoisotopic (exact) mass is 646 g/mol. The zero-order chi connectivity index (χ0) is 30.0. The number of ether oxygens (including phenoxy) is 2. The Kier molecular flexibility index (Phi) is 8.56. The fourth-order valence-corrected chi connectivity index (χ4v) is 5.99. The zero-order valence-electron chi connectivity index (χ0n) is 23.1. The van der Waals surface area contributed by atoms with Crippen molar-refractivity contribution in [2.75, 3.05) is 11.5 Å². The summed E-state index contributed by atoms with van der Waals surface area (Å²) in [5.41, 5.74) is 2.96. The van der Waals surface area contributed by atoms with E-state index in [1.165, 1.54) is 4.90 Å². The van der Waals surface area contributed by atoms with Crippen LogP contribution in [0.2, 0.25) is 0 Å². The number of carbonyl (C=O) groups is 3. The topological polar surface area (TPSA) is 106 Å². The van der Waals surface area contributed by atoms with Crippen molar-refractivity contribution >= 4 is 55.8 Å². The van der Waals surface area contributed by atoms with Crippen molar-refractivity contribution in [1.29, 1.82) is 0 Å². The number of nitrogens with zero attached hydrogens (tertiary/aromatic N) is 2. The molecule has 0 bridgehead atoms. The first kappa shape index (κ1) is 29.2. The second kappa shape index (κ2) is 12.3. The van der Waals surface area contributed by atoms with Crippen LogP contribution in [0.25, 0.3) is 5.76 Å². The van der Waals surface area contributed by atoms with E-state index in [0.29, 0.717) is 34.7 Å². The Balaban J connectivity index is 1.57. The summed E-state index contributed by atoms with van der Waals surface area (Å²) < 4.78 is 11.9. The van der Waals surface area contributed by atoms with Crippen molar-refractivity contribution in [3.8, 4) is 5.75 Å². The van der Waals surface area contributed by atoms with Gasteiger partial charge in [-0.15, -0.1) is 0 Å².